The topological polar surface area (TPSA) is 37.3 Å². The molecule has 1 fully saturated rings. The van der Waals surface area contributed by atoms with Crippen molar-refractivity contribution in [1.82, 2.24) is 4.90 Å². The predicted octanol–water partition coefficient (Wildman–Crippen LogP) is 6.84. The van der Waals surface area contributed by atoms with Crippen LogP contribution in [-0.2, 0) is 6.54 Å². The van der Waals surface area contributed by atoms with Crippen LogP contribution >= 0.6 is 0 Å². The Labute approximate surface area is 230 Å². The Morgan fingerprint density at radius 2 is 1.38 bits per heavy atom. The second kappa shape index (κ2) is 11.2. The van der Waals surface area contributed by atoms with Crippen LogP contribution in [-0.4, -0.2) is 37.9 Å². The molecule has 0 bridgehead atoms. The van der Waals surface area contributed by atoms with E-state index in [0.717, 1.165) is 42.4 Å². The summed E-state index contributed by atoms with van der Waals surface area (Å²) in [6.07, 6.45) is 2.29. The molecular weight excluding hydrogens is 482 g/mol. The van der Waals surface area contributed by atoms with Crippen LogP contribution in [0.5, 0.6) is 11.5 Å². The highest BCUT2D eigenvalue weighted by molar-refractivity contribution is 6.09. The molecule has 0 radical (unpaired) electrons. The van der Waals surface area contributed by atoms with Crippen LogP contribution < -0.4 is 14.5 Å². The Kier molecular flexibility index (Phi) is 7.15. The maximum atomic E-state index is 5.46. The first-order valence-corrected chi connectivity index (χ1v) is 13.4. The molecule has 2 aliphatic heterocycles. The van der Waals surface area contributed by atoms with Gasteiger partial charge in [0.2, 0.25) is 0 Å². The Balaban J connectivity index is 1.43. The number of nitrogens with zero attached hydrogens (tertiary/aromatic N) is 3. The number of methoxy groups -OCH3 is 2. The van der Waals surface area contributed by atoms with E-state index < -0.39 is 0 Å². The number of piperidine rings is 1. The lowest BCUT2D eigenvalue weighted by molar-refractivity contribution is 0.245. The minimum absolute atomic E-state index is 0.0751. The zero-order valence-corrected chi connectivity index (χ0v) is 22.4. The van der Waals surface area contributed by atoms with Crippen molar-refractivity contribution in [2.45, 2.75) is 12.6 Å². The molecule has 1 saturated heterocycles. The Morgan fingerprint density at radius 3 is 2.03 bits per heavy atom. The Hall–Kier alpha value is -4.35. The van der Waals surface area contributed by atoms with E-state index in [-0.39, 0.29) is 12.0 Å². The molecule has 0 spiro atoms. The maximum Gasteiger partial charge on any atom is 0.118 e. The fourth-order valence-corrected chi connectivity index (χ4v) is 5.68. The van der Waals surface area contributed by atoms with Gasteiger partial charge in [-0.25, -0.2) is 0 Å². The van der Waals surface area contributed by atoms with Crippen LogP contribution in [0.3, 0.4) is 0 Å². The molecule has 2 atom stereocenters. The highest BCUT2D eigenvalue weighted by Crippen LogP contribution is 2.43. The van der Waals surface area contributed by atoms with Gasteiger partial charge in [0, 0.05) is 25.6 Å². The van der Waals surface area contributed by atoms with E-state index in [1.54, 1.807) is 14.2 Å². The van der Waals surface area contributed by atoms with Crippen LogP contribution in [0.1, 0.15) is 22.7 Å². The molecule has 5 nitrogen and oxygen atoms in total. The lowest BCUT2D eigenvalue weighted by Crippen LogP contribution is -2.43. The number of likely N-dealkylation sites (tertiary alicyclic amines) is 1. The predicted molar refractivity (Wildman–Crippen MR) is 158 cm³/mol. The summed E-state index contributed by atoms with van der Waals surface area (Å²) in [4.78, 5) is 2.55. The number of fused-ring (bicyclic) bond motifs is 1. The summed E-state index contributed by atoms with van der Waals surface area (Å²) in [7, 11) is 3.41. The quantitative estimate of drug-likeness (QED) is 0.270. The maximum absolute atomic E-state index is 5.46. The van der Waals surface area contributed by atoms with Gasteiger partial charge in [-0.05, 0) is 64.7 Å². The van der Waals surface area contributed by atoms with Crippen molar-refractivity contribution < 1.29 is 9.47 Å². The lowest BCUT2D eigenvalue weighted by Gasteiger charge is -2.36. The average molecular weight is 516 g/mol. The standard InChI is InChI=1S/C34H33N3O2/c1-38-30-17-13-25(14-18-30)21-28-23-36(22-26-9-5-3-6-10-26)24-32-33(28)35-37(29-11-7-4-8-12-29)34(32)27-15-19-31(39-2)20-16-27/h3-21,32,34H,22-24H2,1-2H3/b28-21+/t32-,34+/m1/s1. The van der Waals surface area contributed by atoms with E-state index in [4.69, 9.17) is 14.6 Å². The summed E-state index contributed by atoms with van der Waals surface area (Å²) in [6, 6.07) is 38.0. The molecular formula is C34H33N3O2. The van der Waals surface area contributed by atoms with Gasteiger partial charge in [-0.15, -0.1) is 0 Å². The minimum Gasteiger partial charge on any atom is -0.497 e. The molecule has 39 heavy (non-hydrogen) atoms. The molecule has 0 amide bonds. The SMILES string of the molecule is COc1ccc(/C=C2\CN(Cc3ccccc3)C[C@@H]3C2=NN(c2ccccc2)[C@H]3c2ccc(OC)cc2)cc1. The normalized spacial score (nSPS) is 20.0. The van der Waals surface area contributed by atoms with E-state index in [1.807, 2.05) is 12.1 Å². The molecule has 0 aromatic heterocycles. The molecule has 5 heteroatoms. The van der Waals surface area contributed by atoms with E-state index in [0.29, 0.717) is 0 Å². The molecule has 2 aliphatic rings. The third-order valence-electron chi connectivity index (χ3n) is 7.57. The number of benzene rings is 4. The van der Waals surface area contributed by atoms with Crippen molar-refractivity contribution >= 4 is 17.5 Å². The summed E-state index contributed by atoms with van der Waals surface area (Å²) >= 11 is 0. The number of hydrogen-bond acceptors (Lipinski definition) is 5. The fraction of sp³-hybridized carbons (Fsp3) is 0.206. The monoisotopic (exact) mass is 515 g/mol. The van der Waals surface area contributed by atoms with Crippen LogP contribution in [0, 0.1) is 5.92 Å². The number of hydrazone groups is 1. The molecule has 0 N–H and O–H groups in total. The van der Waals surface area contributed by atoms with E-state index >= 15 is 0 Å². The van der Waals surface area contributed by atoms with Gasteiger partial charge in [-0.3, -0.25) is 9.91 Å². The third kappa shape index (κ3) is 5.31. The number of anilines is 1. The summed E-state index contributed by atoms with van der Waals surface area (Å²) in [5, 5.41) is 7.55. The van der Waals surface area contributed by atoms with Gasteiger partial charge >= 0.3 is 0 Å². The average Bonchev–Trinajstić information content (AvgIpc) is 3.38. The van der Waals surface area contributed by atoms with E-state index in [9.17, 15) is 0 Å². The Morgan fingerprint density at radius 1 is 0.769 bits per heavy atom. The highest BCUT2D eigenvalue weighted by atomic mass is 16.5. The van der Waals surface area contributed by atoms with Crippen LogP contribution in [0.2, 0.25) is 0 Å². The largest absolute Gasteiger partial charge is 0.497 e. The first-order chi connectivity index (χ1) is 19.2. The van der Waals surface area contributed by atoms with Gasteiger partial charge in [0.1, 0.15) is 11.5 Å². The lowest BCUT2D eigenvalue weighted by atomic mass is 9.82. The van der Waals surface area contributed by atoms with Crippen molar-refractivity contribution in [3.05, 3.63) is 131 Å². The second-order valence-corrected chi connectivity index (χ2v) is 10.1. The van der Waals surface area contributed by atoms with Crippen molar-refractivity contribution in [2.75, 3.05) is 32.3 Å². The summed E-state index contributed by atoms with van der Waals surface area (Å²) in [5.74, 6) is 1.93. The van der Waals surface area contributed by atoms with Gasteiger partial charge in [0.05, 0.1) is 31.7 Å². The van der Waals surface area contributed by atoms with Crippen LogP contribution in [0.4, 0.5) is 5.69 Å². The van der Waals surface area contributed by atoms with Crippen molar-refractivity contribution in [3.8, 4) is 11.5 Å². The zero-order valence-electron chi connectivity index (χ0n) is 22.4. The first-order valence-electron chi connectivity index (χ1n) is 13.4. The zero-order chi connectivity index (χ0) is 26.6. The molecule has 2 heterocycles. The highest BCUT2D eigenvalue weighted by Gasteiger charge is 2.44. The van der Waals surface area contributed by atoms with Crippen LogP contribution in [0.15, 0.2) is 120 Å². The van der Waals surface area contributed by atoms with Gasteiger partial charge < -0.3 is 9.47 Å². The number of para-hydroxylation sites is 1. The van der Waals surface area contributed by atoms with Gasteiger partial charge in [-0.1, -0.05) is 72.8 Å². The van der Waals surface area contributed by atoms with Crippen molar-refractivity contribution in [3.63, 3.8) is 0 Å². The van der Waals surface area contributed by atoms with E-state index in [1.165, 1.54) is 22.4 Å². The molecule has 4 aromatic rings. The molecule has 6 rings (SSSR count). The number of rotatable bonds is 7. The fourth-order valence-electron chi connectivity index (χ4n) is 5.68. The van der Waals surface area contributed by atoms with Gasteiger partial charge in [0.25, 0.3) is 0 Å². The number of ether oxygens (including phenoxy) is 2. The summed E-state index contributed by atoms with van der Waals surface area (Å²) in [5.41, 5.74) is 7.21. The van der Waals surface area contributed by atoms with Gasteiger partial charge in [0.15, 0.2) is 0 Å². The van der Waals surface area contributed by atoms with Gasteiger partial charge in [-0.2, -0.15) is 5.10 Å². The molecule has 196 valence electrons. The summed E-state index contributed by atoms with van der Waals surface area (Å²) in [6.45, 7) is 2.66. The minimum atomic E-state index is 0.0751. The Bertz CT molecular complexity index is 1450. The molecule has 4 aromatic carbocycles. The van der Waals surface area contributed by atoms with E-state index in [2.05, 4.69) is 113 Å². The smallest absolute Gasteiger partial charge is 0.118 e. The molecule has 0 unspecified atom stereocenters. The van der Waals surface area contributed by atoms with Crippen molar-refractivity contribution in [2.24, 2.45) is 11.0 Å². The molecule has 0 saturated carbocycles. The first kappa shape index (κ1) is 25.0. The van der Waals surface area contributed by atoms with Crippen LogP contribution in [0.25, 0.3) is 6.08 Å². The number of hydrogen-bond donors (Lipinski definition) is 0. The van der Waals surface area contributed by atoms with Crippen molar-refractivity contribution in [1.29, 1.82) is 0 Å². The second-order valence-electron chi connectivity index (χ2n) is 10.1. The third-order valence-corrected chi connectivity index (χ3v) is 7.57. The molecule has 0 aliphatic carbocycles. The summed E-state index contributed by atoms with van der Waals surface area (Å²) < 4.78 is 10.9.